The third kappa shape index (κ3) is 5.61. The van der Waals surface area contributed by atoms with E-state index in [0.717, 1.165) is 29.8 Å². The third-order valence-electron chi connectivity index (χ3n) is 5.96. The van der Waals surface area contributed by atoms with E-state index in [4.69, 9.17) is 4.74 Å². The molecule has 1 unspecified atom stereocenters. The summed E-state index contributed by atoms with van der Waals surface area (Å²) in [5, 5.41) is 3.26. The quantitative estimate of drug-likeness (QED) is 0.504. The molecule has 33 heavy (non-hydrogen) atoms. The van der Waals surface area contributed by atoms with Gasteiger partial charge in [-0.3, -0.25) is 4.79 Å². The first-order valence-corrected chi connectivity index (χ1v) is 11.6. The fraction of sp³-hybridized carbons (Fsp3) is 0.286. The summed E-state index contributed by atoms with van der Waals surface area (Å²) < 4.78 is 5.03. The van der Waals surface area contributed by atoms with E-state index < -0.39 is 0 Å². The number of ether oxygens (including phenoxy) is 1. The second-order valence-corrected chi connectivity index (χ2v) is 8.26. The van der Waals surface area contributed by atoms with Gasteiger partial charge in [0.15, 0.2) is 0 Å². The first kappa shape index (κ1) is 22.6. The summed E-state index contributed by atoms with van der Waals surface area (Å²) in [5.74, 6) is -0.417. The summed E-state index contributed by atoms with van der Waals surface area (Å²) in [4.78, 5) is 27.4. The molecule has 1 atom stereocenters. The second-order valence-electron chi connectivity index (χ2n) is 8.26. The smallest absolute Gasteiger partial charge is 0.338 e. The van der Waals surface area contributed by atoms with Crippen LogP contribution in [0.2, 0.25) is 0 Å². The molecule has 1 heterocycles. The molecule has 0 aliphatic carbocycles. The van der Waals surface area contributed by atoms with Gasteiger partial charge in [0, 0.05) is 24.3 Å². The Morgan fingerprint density at radius 3 is 2.27 bits per heavy atom. The number of benzene rings is 3. The van der Waals surface area contributed by atoms with Crippen LogP contribution in [0.25, 0.3) is 0 Å². The van der Waals surface area contributed by atoms with E-state index in [1.807, 2.05) is 36.4 Å². The van der Waals surface area contributed by atoms with Crippen LogP contribution in [0.5, 0.6) is 0 Å². The Morgan fingerprint density at radius 1 is 0.909 bits per heavy atom. The zero-order valence-electron chi connectivity index (χ0n) is 19.0. The van der Waals surface area contributed by atoms with E-state index in [-0.39, 0.29) is 24.3 Å². The van der Waals surface area contributed by atoms with Crippen LogP contribution < -0.4 is 10.2 Å². The van der Waals surface area contributed by atoms with Crippen molar-refractivity contribution in [3.05, 3.63) is 101 Å². The van der Waals surface area contributed by atoms with Crippen molar-refractivity contribution in [1.29, 1.82) is 0 Å². The van der Waals surface area contributed by atoms with Gasteiger partial charge in [0.05, 0.1) is 24.6 Å². The van der Waals surface area contributed by atoms with Crippen LogP contribution >= 0.6 is 0 Å². The van der Waals surface area contributed by atoms with Crippen LogP contribution in [-0.4, -0.2) is 31.6 Å². The summed E-state index contributed by atoms with van der Waals surface area (Å²) in [6.45, 7) is 4.20. The predicted octanol–water partition coefficient (Wildman–Crippen LogP) is 4.91. The molecule has 0 spiro atoms. The van der Waals surface area contributed by atoms with Gasteiger partial charge in [-0.25, -0.2) is 4.79 Å². The minimum atomic E-state index is -0.351. The molecule has 1 N–H and O–H groups in total. The average molecular weight is 443 g/mol. The van der Waals surface area contributed by atoms with Crippen molar-refractivity contribution in [2.45, 2.75) is 32.2 Å². The van der Waals surface area contributed by atoms with Gasteiger partial charge in [0.2, 0.25) is 5.91 Å². The number of carbonyl (C=O) groups excluding carboxylic acids is 2. The van der Waals surface area contributed by atoms with Gasteiger partial charge >= 0.3 is 5.97 Å². The zero-order valence-corrected chi connectivity index (χ0v) is 19.0. The standard InChI is InChI=1S/C28H30N2O3/c1-2-33-28(32)23-16-14-21(15-17-23)20-26(31)29-27(22-10-4-3-5-11-22)24-12-6-7-13-25(24)30-18-8-9-19-30/h3-7,10-17,27H,2,8-9,18-20H2,1H3,(H,29,31). The van der Waals surface area contributed by atoms with Crippen LogP contribution in [0.15, 0.2) is 78.9 Å². The van der Waals surface area contributed by atoms with Crippen molar-refractivity contribution < 1.29 is 14.3 Å². The van der Waals surface area contributed by atoms with Gasteiger partial charge < -0.3 is 15.0 Å². The Labute approximate surface area is 195 Å². The number of rotatable bonds is 8. The molecule has 3 aromatic carbocycles. The molecule has 4 rings (SSSR count). The van der Waals surface area contributed by atoms with E-state index >= 15 is 0 Å². The molecule has 1 amide bonds. The highest BCUT2D eigenvalue weighted by Crippen LogP contribution is 2.32. The Hall–Kier alpha value is -3.60. The fourth-order valence-corrected chi connectivity index (χ4v) is 4.33. The van der Waals surface area contributed by atoms with E-state index in [1.165, 1.54) is 18.5 Å². The second kappa shape index (κ2) is 10.8. The maximum absolute atomic E-state index is 13.1. The Kier molecular flexibility index (Phi) is 7.40. The Balaban J connectivity index is 1.55. The van der Waals surface area contributed by atoms with Crippen molar-refractivity contribution in [1.82, 2.24) is 5.32 Å². The molecule has 1 aliphatic rings. The highest BCUT2D eigenvalue weighted by atomic mass is 16.5. The van der Waals surface area contributed by atoms with Gasteiger partial charge in [0.1, 0.15) is 0 Å². The molecule has 170 valence electrons. The normalized spacial score (nSPS) is 14.0. The van der Waals surface area contributed by atoms with E-state index in [0.29, 0.717) is 12.2 Å². The molecule has 1 fully saturated rings. The number of nitrogens with one attached hydrogen (secondary N) is 1. The first-order chi connectivity index (χ1) is 16.2. The summed E-state index contributed by atoms with van der Waals surface area (Å²) in [5.41, 5.74) is 4.68. The van der Waals surface area contributed by atoms with Crippen molar-refractivity contribution in [3.63, 3.8) is 0 Å². The van der Waals surface area contributed by atoms with Crippen LogP contribution in [0, 0.1) is 0 Å². The van der Waals surface area contributed by atoms with Crippen LogP contribution in [0.4, 0.5) is 5.69 Å². The molecule has 0 aromatic heterocycles. The predicted molar refractivity (Wildman–Crippen MR) is 130 cm³/mol. The van der Waals surface area contributed by atoms with Crippen LogP contribution in [-0.2, 0) is 16.0 Å². The van der Waals surface area contributed by atoms with Crippen LogP contribution in [0.3, 0.4) is 0 Å². The van der Waals surface area contributed by atoms with Gasteiger partial charge in [-0.2, -0.15) is 0 Å². The Bertz CT molecular complexity index is 1070. The lowest BCUT2D eigenvalue weighted by molar-refractivity contribution is -0.120. The fourth-order valence-electron chi connectivity index (χ4n) is 4.33. The molecule has 0 saturated carbocycles. The monoisotopic (exact) mass is 442 g/mol. The number of esters is 1. The Morgan fingerprint density at radius 2 is 1.58 bits per heavy atom. The molecule has 1 saturated heterocycles. The largest absolute Gasteiger partial charge is 0.462 e. The summed E-state index contributed by atoms with van der Waals surface area (Å²) in [7, 11) is 0. The lowest BCUT2D eigenvalue weighted by atomic mass is 9.96. The number of hydrogen-bond donors (Lipinski definition) is 1. The van der Waals surface area contributed by atoms with E-state index in [9.17, 15) is 9.59 Å². The summed E-state index contributed by atoms with van der Waals surface area (Å²) in [6, 6.07) is 25.2. The average Bonchev–Trinajstić information content (AvgIpc) is 3.39. The summed E-state index contributed by atoms with van der Waals surface area (Å²) >= 11 is 0. The van der Waals surface area contributed by atoms with E-state index in [2.05, 4.69) is 40.5 Å². The highest BCUT2D eigenvalue weighted by molar-refractivity contribution is 5.89. The number of nitrogens with zero attached hydrogens (tertiary/aromatic N) is 1. The van der Waals surface area contributed by atoms with Gasteiger partial charge in [0.25, 0.3) is 0 Å². The summed E-state index contributed by atoms with van der Waals surface area (Å²) in [6.07, 6.45) is 2.62. The topological polar surface area (TPSA) is 58.6 Å². The number of carbonyl (C=O) groups is 2. The van der Waals surface area contributed by atoms with Crippen molar-refractivity contribution in [3.8, 4) is 0 Å². The molecular formula is C28H30N2O3. The molecule has 1 aliphatic heterocycles. The number of amides is 1. The highest BCUT2D eigenvalue weighted by Gasteiger charge is 2.23. The SMILES string of the molecule is CCOC(=O)c1ccc(CC(=O)NC(c2ccccc2)c2ccccc2N2CCCC2)cc1. The maximum atomic E-state index is 13.1. The van der Waals surface area contributed by atoms with Crippen molar-refractivity contribution in [2.75, 3.05) is 24.6 Å². The minimum Gasteiger partial charge on any atom is -0.462 e. The lowest BCUT2D eigenvalue weighted by Crippen LogP contribution is -2.32. The molecule has 5 nitrogen and oxygen atoms in total. The van der Waals surface area contributed by atoms with Crippen molar-refractivity contribution in [2.24, 2.45) is 0 Å². The third-order valence-corrected chi connectivity index (χ3v) is 5.96. The van der Waals surface area contributed by atoms with Gasteiger partial charge in [-0.15, -0.1) is 0 Å². The van der Waals surface area contributed by atoms with Crippen LogP contribution in [0.1, 0.15) is 52.9 Å². The zero-order chi connectivity index (χ0) is 23.0. The number of anilines is 1. The molecular weight excluding hydrogens is 412 g/mol. The molecule has 5 heteroatoms. The maximum Gasteiger partial charge on any atom is 0.338 e. The number of para-hydroxylation sites is 1. The molecule has 0 bridgehead atoms. The lowest BCUT2D eigenvalue weighted by Gasteiger charge is -2.27. The van der Waals surface area contributed by atoms with E-state index in [1.54, 1.807) is 19.1 Å². The van der Waals surface area contributed by atoms with Gasteiger partial charge in [-0.05, 0) is 49.1 Å². The molecule has 0 radical (unpaired) electrons. The van der Waals surface area contributed by atoms with Crippen molar-refractivity contribution >= 4 is 17.6 Å². The first-order valence-electron chi connectivity index (χ1n) is 11.6. The minimum absolute atomic E-state index is 0.0658. The molecule has 3 aromatic rings. The van der Waals surface area contributed by atoms with Gasteiger partial charge in [-0.1, -0.05) is 60.7 Å². The number of hydrogen-bond acceptors (Lipinski definition) is 4.